The molecule has 6 rings (SSSR count). The Labute approximate surface area is 211 Å². The minimum absolute atomic E-state index is 0.152. The number of hydrogen-bond acceptors (Lipinski definition) is 5. The van der Waals surface area contributed by atoms with Crippen LogP contribution in [0, 0.1) is 5.82 Å². The summed E-state index contributed by atoms with van der Waals surface area (Å²) in [6.45, 7) is 1.14. The zero-order chi connectivity index (χ0) is 25.5. The Balaban J connectivity index is 1.40. The number of rotatable bonds is 5. The van der Waals surface area contributed by atoms with E-state index in [-0.39, 0.29) is 12.1 Å². The van der Waals surface area contributed by atoms with Gasteiger partial charge < -0.3 is 14.2 Å². The monoisotopic (exact) mass is 497 g/mol. The van der Waals surface area contributed by atoms with Gasteiger partial charge in [0.1, 0.15) is 17.3 Å². The number of halogens is 1. The van der Waals surface area contributed by atoms with E-state index < -0.39 is 17.1 Å². The minimum Gasteiger partial charge on any atom is -0.457 e. The number of para-hydroxylation sites is 1. The van der Waals surface area contributed by atoms with Crippen LogP contribution in [0.1, 0.15) is 12.0 Å². The molecule has 0 atom stereocenters. The molecule has 3 aromatic carbocycles. The van der Waals surface area contributed by atoms with Crippen LogP contribution in [0.25, 0.3) is 11.2 Å². The summed E-state index contributed by atoms with van der Waals surface area (Å²) in [5, 5.41) is 0. The molecule has 0 unspecified atom stereocenters. The maximum Gasteiger partial charge on any atom is 0.332 e. The summed E-state index contributed by atoms with van der Waals surface area (Å²) in [7, 11) is 1.58. The molecule has 5 aromatic rings. The van der Waals surface area contributed by atoms with Gasteiger partial charge in [0.2, 0.25) is 5.95 Å². The molecule has 1 aliphatic heterocycles. The van der Waals surface area contributed by atoms with Crippen LogP contribution in [0.2, 0.25) is 0 Å². The Hall–Kier alpha value is -4.66. The normalized spacial score (nSPS) is 13.1. The fourth-order valence-electron chi connectivity index (χ4n) is 4.76. The lowest BCUT2D eigenvalue weighted by Crippen LogP contribution is -2.40. The van der Waals surface area contributed by atoms with Crippen LogP contribution in [-0.4, -0.2) is 25.2 Å². The van der Waals surface area contributed by atoms with Gasteiger partial charge in [0.15, 0.2) is 11.2 Å². The first-order valence-electron chi connectivity index (χ1n) is 12.1. The summed E-state index contributed by atoms with van der Waals surface area (Å²) in [6, 6.07) is 23.4. The second kappa shape index (κ2) is 9.09. The number of aromatic nitrogens is 4. The molecule has 0 spiro atoms. The van der Waals surface area contributed by atoms with Crippen LogP contribution < -0.4 is 20.9 Å². The molecule has 2 aromatic heterocycles. The number of fused-ring (bicyclic) bond motifs is 3. The van der Waals surface area contributed by atoms with Gasteiger partial charge in [0, 0.05) is 31.4 Å². The Bertz CT molecular complexity index is 1720. The highest BCUT2D eigenvalue weighted by Crippen LogP contribution is 2.32. The molecule has 1 aliphatic rings. The lowest BCUT2D eigenvalue weighted by atomic mass is 10.2. The van der Waals surface area contributed by atoms with E-state index in [1.807, 2.05) is 64.1 Å². The first kappa shape index (κ1) is 22.8. The third-order valence-electron chi connectivity index (χ3n) is 6.63. The van der Waals surface area contributed by atoms with E-state index in [4.69, 9.17) is 9.72 Å². The topological polar surface area (TPSA) is 74.3 Å². The van der Waals surface area contributed by atoms with Gasteiger partial charge in [-0.1, -0.05) is 36.4 Å². The standard InChI is InChI=1S/C28H24FN5O3/c1-31-25-24(26(35)34(28(31)36)18-19-8-5-6-11-23(19)29)33-17-7-16-32(27(33)30-25)20-12-14-22(15-13-20)37-21-9-3-2-4-10-21/h2-6,8-15H,7,16-18H2,1H3. The van der Waals surface area contributed by atoms with Crippen molar-refractivity contribution in [1.82, 2.24) is 18.7 Å². The molecule has 37 heavy (non-hydrogen) atoms. The summed E-state index contributed by atoms with van der Waals surface area (Å²) in [5.41, 5.74) is 0.804. The zero-order valence-electron chi connectivity index (χ0n) is 20.2. The van der Waals surface area contributed by atoms with Gasteiger partial charge in [0.05, 0.1) is 6.54 Å². The van der Waals surface area contributed by atoms with Crippen molar-refractivity contribution >= 4 is 22.8 Å². The van der Waals surface area contributed by atoms with E-state index >= 15 is 0 Å². The largest absolute Gasteiger partial charge is 0.457 e. The maximum absolute atomic E-state index is 14.3. The molecule has 0 saturated carbocycles. The molecule has 0 fully saturated rings. The summed E-state index contributed by atoms with van der Waals surface area (Å²) in [5.74, 6) is 1.59. The fourth-order valence-corrected chi connectivity index (χ4v) is 4.76. The van der Waals surface area contributed by atoms with Crippen molar-refractivity contribution in [2.45, 2.75) is 19.5 Å². The van der Waals surface area contributed by atoms with Gasteiger partial charge in [-0.05, 0) is 48.9 Å². The van der Waals surface area contributed by atoms with Gasteiger partial charge in [-0.25, -0.2) is 9.18 Å². The molecule has 0 amide bonds. The second-order valence-electron chi connectivity index (χ2n) is 8.97. The third kappa shape index (κ3) is 3.98. The summed E-state index contributed by atoms with van der Waals surface area (Å²) in [6.07, 6.45) is 0.788. The van der Waals surface area contributed by atoms with Gasteiger partial charge in [-0.2, -0.15) is 4.98 Å². The second-order valence-corrected chi connectivity index (χ2v) is 8.97. The van der Waals surface area contributed by atoms with Crippen molar-refractivity contribution < 1.29 is 9.13 Å². The molecule has 9 heteroatoms. The molecule has 8 nitrogen and oxygen atoms in total. The molecule has 0 saturated heterocycles. The Morgan fingerprint density at radius 1 is 0.892 bits per heavy atom. The van der Waals surface area contributed by atoms with Crippen molar-refractivity contribution in [3.05, 3.63) is 111 Å². The van der Waals surface area contributed by atoms with Crippen molar-refractivity contribution in [3.63, 3.8) is 0 Å². The fraction of sp³-hybridized carbons (Fsp3) is 0.179. The van der Waals surface area contributed by atoms with E-state index in [9.17, 15) is 14.0 Å². The zero-order valence-corrected chi connectivity index (χ0v) is 20.2. The van der Waals surface area contributed by atoms with Gasteiger partial charge in [-0.3, -0.25) is 13.9 Å². The van der Waals surface area contributed by atoms with Crippen molar-refractivity contribution in [1.29, 1.82) is 0 Å². The number of ether oxygens (including phenoxy) is 1. The van der Waals surface area contributed by atoms with Crippen LogP contribution in [0.3, 0.4) is 0 Å². The van der Waals surface area contributed by atoms with Crippen molar-refractivity contribution in [2.75, 3.05) is 11.4 Å². The minimum atomic E-state index is -0.537. The van der Waals surface area contributed by atoms with Crippen molar-refractivity contribution in [2.24, 2.45) is 7.05 Å². The predicted molar refractivity (Wildman–Crippen MR) is 139 cm³/mol. The Kier molecular flexibility index (Phi) is 5.60. The number of nitrogens with zero attached hydrogens (tertiary/aromatic N) is 5. The smallest absolute Gasteiger partial charge is 0.332 e. The lowest BCUT2D eigenvalue weighted by Gasteiger charge is -2.29. The maximum atomic E-state index is 14.3. The molecule has 0 aliphatic carbocycles. The summed E-state index contributed by atoms with van der Waals surface area (Å²) in [4.78, 5) is 33.4. The summed E-state index contributed by atoms with van der Waals surface area (Å²) >= 11 is 0. The SMILES string of the molecule is Cn1c(=O)n(Cc2ccccc2F)c(=O)c2c1nc1n2CCCN1c1ccc(Oc2ccccc2)cc1. The Morgan fingerprint density at radius 2 is 1.59 bits per heavy atom. The number of aryl methyl sites for hydroxylation is 2. The van der Waals surface area contributed by atoms with E-state index in [0.717, 1.165) is 22.4 Å². The number of benzene rings is 3. The van der Waals surface area contributed by atoms with Gasteiger partial charge in [0.25, 0.3) is 5.56 Å². The van der Waals surface area contributed by atoms with Crippen LogP contribution in [0.5, 0.6) is 11.5 Å². The van der Waals surface area contributed by atoms with Crippen molar-refractivity contribution in [3.8, 4) is 11.5 Å². The van der Waals surface area contributed by atoms with E-state index in [0.29, 0.717) is 36.0 Å². The molecular formula is C28H24FN5O3. The number of anilines is 2. The number of hydrogen-bond donors (Lipinski definition) is 0. The molecule has 0 N–H and O–H groups in total. The van der Waals surface area contributed by atoms with Crippen LogP contribution in [-0.2, 0) is 20.1 Å². The Morgan fingerprint density at radius 3 is 2.35 bits per heavy atom. The highest BCUT2D eigenvalue weighted by Gasteiger charge is 2.27. The molecule has 0 radical (unpaired) electrons. The lowest BCUT2D eigenvalue weighted by molar-refractivity contribution is 0.482. The molecule has 0 bridgehead atoms. The number of imidazole rings is 1. The summed E-state index contributed by atoms with van der Waals surface area (Å²) < 4.78 is 24.5. The quantitative estimate of drug-likeness (QED) is 0.360. The van der Waals surface area contributed by atoms with Gasteiger partial charge >= 0.3 is 5.69 Å². The molecule has 186 valence electrons. The molecular weight excluding hydrogens is 473 g/mol. The van der Waals surface area contributed by atoms with Crippen LogP contribution >= 0.6 is 0 Å². The third-order valence-corrected chi connectivity index (χ3v) is 6.63. The van der Waals surface area contributed by atoms with Crippen LogP contribution in [0.4, 0.5) is 16.0 Å². The highest BCUT2D eigenvalue weighted by molar-refractivity contribution is 5.77. The first-order chi connectivity index (χ1) is 18.0. The predicted octanol–water partition coefficient (Wildman–Crippen LogP) is 4.42. The van der Waals surface area contributed by atoms with E-state index in [1.54, 1.807) is 25.2 Å². The average Bonchev–Trinajstić information content (AvgIpc) is 3.32. The van der Waals surface area contributed by atoms with Crippen LogP contribution in [0.15, 0.2) is 88.5 Å². The van der Waals surface area contributed by atoms with E-state index in [1.165, 1.54) is 10.6 Å². The van der Waals surface area contributed by atoms with E-state index in [2.05, 4.69) is 0 Å². The molecule has 3 heterocycles. The van der Waals surface area contributed by atoms with Gasteiger partial charge in [-0.15, -0.1) is 0 Å². The highest BCUT2D eigenvalue weighted by atomic mass is 19.1. The first-order valence-corrected chi connectivity index (χ1v) is 12.1. The average molecular weight is 498 g/mol.